The highest BCUT2D eigenvalue weighted by atomic mass is 16.1. The van der Waals surface area contributed by atoms with Crippen LogP contribution >= 0.6 is 0 Å². The molecular formula is C16H25NO. The number of carbonyl (C=O) groups is 1. The Morgan fingerprint density at radius 1 is 1.33 bits per heavy atom. The molecule has 2 nitrogen and oxygen atoms in total. The minimum absolute atomic E-state index is 0. The van der Waals surface area contributed by atoms with Gasteiger partial charge < -0.3 is 5.32 Å². The van der Waals surface area contributed by atoms with Crippen molar-refractivity contribution in [1.29, 1.82) is 0 Å². The van der Waals surface area contributed by atoms with Crippen molar-refractivity contribution in [2.24, 2.45) is 0 Å². The van der Waals surface area contributed by atoms with Crippen molar-refractivity contribution in [3.05, 3.63) is 34.9 Å². The highest BCUT2D eigenvalue weighted by Gasteiger charge is 2.18. The first kappa shape index (κ1) is 13.1. The van der Waals surface area contributed by atoms with Crippen LogP contribution in [0.1, 0.15) is 68.4 Å². The lowest BCUT2D eigenvalue weighted by Crippen LogP contribution is -2.32. The molecule has 0 saturated heterocycles. The summed E-state index contributed by atoms with van der Waals surface area (Å²) in [6.45, 7) is 6.45. The standard InChI is InChI=1S/C16H23NO.H2/c1-11(2)15-9-8-13(10-12(15)3)16(18)17-14-6-4-5-7-14;/h8-11,14H,4-7H2,1-3H3,(H,17,18);1H. The third kappa shape index (κ3) is 2.92. The second kappa shape index (κ2) is 5.55. The van der Waals surface area contributed by atoms with Gasteiger partial charge >= 0.3 is 0 Å². The van der Waals surface area contributed by atoms with Crippen molar-refractivity contribution in [3.63, 3.8) is 0 Å². The molecular weight excluding hydrogens is 222 g/mol. The maximum absolute atomic E-state index is 12.1. The fourth-order valence-electron chi connectivity index (χ4n) is 2.80. The van der Waals surface area contributed by atoms with Gasteiger partial charge in [0.25, 0.3) is 5.91 Å². The molecule has 2 heteroatoms. The molecule has 0 heterocycles. The number of benzene rings is 1. The van der Waals surface area contributed by atoms with Crippen LogP contribution in [0.25, 0.3) is 0 Å². The van der Waals surface area contributed by atoms with Gasteiger partial charge in [-0.15, -0.1) is 0 Å². The lowest BCUT2D eigenvalue weighted by atomic mass is 9.96. The molecule has 0 aliphatic heterocycles. The summed E-state index contributed by atoms with van der Waals surface area (Å²) in [5.74, 6) is 0.595. The van der Waals surface area contributed by atoms with Gasteiger partial charge in [0.2, 0.25) is 0 Å². The number of hydrogen-bond donors (Lipinski definition) is 1. The SMILES string of the molecule is Cc1cc(C(=O)NC2CCCC2)ccc1C(C)C.[HH]. The van der Waals surface area contributed by atoms with Gasteiger partial charge in [-0.05, 0) is 48.9 Å². The molecule has 1 N–H and O–H groups in total. The van der Waals surface area contributed by atoms with E-state index in [1.54, 1.807) is 0 Å². The lowest BCUT2D eigenvalue weighted by Gasteiger charge is -2.14. The van der Waals surface area contributed by atoms with E-state index >= 15 is 0 Å². The van der Waals surface area contributed by atoms with Crippen LogP contribution in [-0.4, -0.2) is 11.9 Å². The van der Waals surface area contributed by atoms with Crippen LogP contribution in [0.5, 0.6) is 0 Å². The van der Waals surface area contributed by atoms with E-state index in [9.17, 15) is 4.79 Å². The normalized spacial score (nSPS) is 16.2. The average molecular weight is 247 g/mol. The first-order valence-corrected chi connectivity index (χ1v) is 6.99. The number of hydrogen-bond acceptors (Lipinski definition) is 1. The van der Waals surface area contributed by atoms with Crippen molar-refractivity contribution < 1.29 is 6.22 Å². The first-order chi connectivity index (χ1) is 8.58. The van der Waals surface area contributed by atoms with Gasteiger partial charge in [-0.1, -0.05) is 32.8 Å². The van der Waals surface area contributed by atoms with Crippen molar-refractivity contribution in [2.75, 3.05) is 0 Å². The van der Waals surface area contributed by atoms with Crippen LogP contribution in [0.4, 0.5) is 0 Å². The van der Waals surface area contributed by atoms with Gasteiger partial charge in [0.15, 0.2) is 0 Å². The topological polar surface area (TPSA) is 29.1 Å². The first-order valence-electron chi connectivity index (χ1n) is 6.99. The number of carbonyl (C=O) groups excluding carboxylic acids is 1. The zero-order valence-electron chi connectivity index (χ0n) is 11.6. The van der Waals surface area contributed by atoms with Crippen molar-refractivity contribution in [2.45, 2.75) is 58.4 Å². The predicted molar refractivity (Wildman–Crippen MR) is 77.1 cm³/mol. The maximum Gasteiger partial charge on any atom is 0.251 e. The van der Waals surface area contributed by atoms with Gasteiger partial charge in [0.05, 0.1) is 0 Å². The zero-order chi connectivity index (χ0) is 13.1. The summed E-state index contributed by atoms with van der Waals surface area (Å²) in [6.07, 6.45) is 4.76. The largest absolute Gasteiger partial charge is 0.349 e. The van der Waals surface area contributed by atoms with E-state index in [-0.39, 0.29) is 7.33 Å². The van der Waals surface area contributed by atoms with Crippen LogP contribution in [-0.2, 0) is 0 Å². The van der Waals surface area contributed by atoms with Crippen LogP contribution in [0.3, 0.4) is 0 Å². The molecule has 1 aliphatic rings. The molecule has 0 radical (unpaired) electrons. The Labute approximate surface area is 111 Å². The molecule has 1 saturated carbocycles. The molecule has 1 aromatic carbocycles. The quantitative estimate of drug-likeness (QED) is 0.858. The molecule has 1 aromatic rings. The summed E-state index contributed by atoms with van der Waals surface area (Å²) < 4.78 is 0. The fourth-order valence-corrected chi connectivity index (χ4v) is 2.80. The van der Waals surface area contributed by atoms with E-state index in [1.165, 1.54) is 24.0 Å². The molecule has 1 aliphatic carbocycles. The second-order valence-electron chi connectivity index (χ2n) is 5.68. The monoisotopic (exact) mass is 247 g/mol. The third-order valence-electron chi connectivity index (χ3n) is 3.84. The van der Waals surface area contributed by atoms with Gasteiger partial charge in [0, 0.05) is 13.0 Å². The van der Waals surface area contributed by atoms with Crippen molar-refractivity contribution >= 4 is 5.91 Å². The number of rotatable bonds is 3. The molecule has 0 bridgehead atoms. The molecule has 0 aromatic heterocycles. The van der Waals surface area contributed by atoms with E-state index in [2.05, 4.69) is 32.2 Å². The van der Waals surface area contributed by atoms with E-state index in [1.807, 2.05) is 12.1 Å². The van der Waals surface area contributed by atoms with Gasteiger partial charge in [-0.2, -0.15) is 0 Å². The smallest absolute Gasteiger partial charge is 0.251 e. The van der Waals surface area contributed by atoms with E-state index in [0.29, 0.717) is 12.0 Å². The van der Waals surface area contributed by atoms with Crippen LogP contribution in [0.2, 0.25) is 0 Å². The molecule has 0 atom stereocenters. The van der Waals surface area contributed by atoms with Gasteiger partial charge in [0.1, 0.15) is 0 Å². The Morgan fingerprint density at radius 3 is 2.56 bits per heavy atom. The van der Waals surface area contributed by atoms with Gasteiger partial charge in [-0.25, -0.2) is 0 Å². The van der Waals surface area contributed by atoms with Crippen LogP contribution < -0.4 is 5.32 Å². The van der Waals surface area contributed by atoms with Gasteiger partial charge in [-0.3, -0.25) is 4.79 Å². The van der Waals surface area contributed by atoms with Crippen LogP contribution in [0, 0.1) is 6.92 Å². The Balaban J connectivity index is 0.00000180. The van der Waals surface area contributed by atoms with E-state index < -0.39 is 0 Å². The summed E-state index contributed by atoms with van der Waals surface area (Å²) in [7, 11) is 0. The minimum Gasteiger partial charge on any atom is -0.349 e. The van der Waals surface area contributed by atoms with Crippen LogP contribution in [0.15, 0.2) is 18.2 Å². The molecule has 1 fully saturated rings. The highest BCUT2D eigenvalue weighted by Crippen LogP contribution is 2.21. The molecule has 100 valence electrons. The summed E-state index contributed by atoms with van der Waals surface area (Å²) >= 11 is 0. The maximum atomic E-state index is 12.1. The zero-order valence-corrected chi connectivity index (χ0v) is 11.6. The summed E-state index contributed by atoms with van der Waals surface area (Å²) in [5, 5.41) is 3.13. The Bertz CT molecular complexity index is 436. The number of aryl methyl sites for hydroxylation is 1. The molecule has 18 heavy (non-hydrogen) atoms. The average Bonchev–Trinajstić information content (AvgIpc) is 2.81. The Hall–Kier alpha value is -1.31. The Morgan fingerprint density at radius 2 is 2.00 bits per heavy atom. The second-order valence-corrected chi connectivity index (χ2v) is 5.68. The van der Waals surface area contributed by atoms with Crippen molar-refractivity contribution in [3.8, 4) is 0 Å². The Kier molecular flexibility index (Phi) is 4.05. The number of amides is 1. The van der Waals surface area contributed by atoms with E-state index in [4.69, 9.17) is 0 Å². The highest BCUT2D eigenvalue weighted by molar-refractivity contribution is 5.94. The minimum atomic E-state index is 0. The van der Waals surface area contributed by atoms with E-state index in [0.717, 1.165) is 18.4 Å². The predicted octanol–water partition coefficient (Wildman–Crippen LogP) is 4.04. The summed E-state index contributed by atoms with van der Waals surface area (Å²) in [6, 6.07) is 6.44. The lowest BCUT2D eigenvalue weighted by molar-refractivity contribution is 0.0938. The van der Waals surface area contributed by atoms with Crippen molar-refractivity contribution in [1.82, 2.24) is 5.32 Å². The molecule has 1 amide bonds. The molecule has 0 spiro atoms. The molecule has 2 rings (SSSR count). The summed E-state index contributed by atoms with van der Waals surface area (Å²) in [4.78, 5) is 12.1. The third-order valence-corrected chi connectivity index (χ3v) is 3.84. The fraction of sp³-hybridized carbons (Fsp3) is 0.562. The number of nitrogens with one attached hydrogen (secondary N) is 1. The summed E-state index contributed by atoms with van der Waals surface area (Å²) in [5.41, 5.74) is 3.33. The molecule has 0 unspecified atom stereocenters.